The Morgan fingerprint density at radius 3 is 2.20 bits per heavy atom. The highest BCUT2D eigenvalue weighted by Gasteiger charge is 2.30. The largest absolute Gasteiger partial charge is 0.467 e. The van der Waals surface area contributed by atoms with E-state index in [4.69, 9.17) is 4.74 Å². The maximum atomic E-state index is 11.5. The standard InChI is InChI=1S/C14H16O6/c1-9(15)7-10-5-4-6-11(8-10)20-12(13(16)18-2)14(17)19-3/h4-6,8,12H,7H2,1-3H3. The second kappa shape index (κ2) is 7.28. The van der Waals surface area contributed by atoms with Gasteiger partial charge in [-0.2, -0.15) is 0 Å². The van der Waals surface area contributed by atoms with Crippen molar-refractivity contribution >= 4 is 17.7 Å². The van der Waals surface area contributed by atoms with Gasteiger partial charge in [-0.1, -0.05) is 12.1 Å². The molecular formula is C14H16O6. The molecular weight excluding hydrogens is 264 g/mol. The summed E-state index contributed by atoms with van der Waals surface area (Å²) < 4.78 is 14.2. The van der Waals surface area contributed by atoms with E-state index in [2.05, 4.69) is 9.47 Å². The normalized spacial score (nSPS) is 10.0. The summed E-state index contributed by atoms with van der Waals surface area (Å²) in [6, 6.07) is 6.57. The molecule has 0 atom stereocenters. The van der Waals surface area contributed by atoms with Gasteiger partial charge in [-0.15, -0.1) is 0 Å². The molecule has 0 fully saturated rings. The van der Waals surface area contributed by atoms with Gasteiger partial charge in [0.15, 0.2) is 0 Å². The zero-order chi connectivity index (χ0) is 15.1. The summed E-state index contributed by atoms with van der Waals surface area (Å²) >= 11 is 0. The highest BCUT2D eigenvalue weighted by molar-refractivity contribution is 5.98. The fourth-order valence-electron chi connectivity index (χ4n) is 1.56. The minimum Gasteiger partial charge on any atom is -0.467 e. The minimum absolute atomic E-state index is 0.000337. The third kappa shape index (κ3) is 4.38. The highest BCUT2D eigenvalue weighted by Crippen LogP contribution is 2.16. The van der Waals surface area contributed by atoms with Crippen molar-refractivity contribution in [1.82, 2.24) is 0 Å². The number of hydrogen-bond donors (Lipinski definition) is 0. The van der Waals surface area contributed by atoms with E-state index in [0.29, 0.717) is 0 Å². The monoisotopic (exact) mass is 280 g/mol. The number of ether oxygens (including phenoxy) is 3. The molecule has 0 aromatic heterocycles. The van der Waals surface area contributed by atoms with Gasteiger partial charge in [0.25, 0.3) is 6.10 Å². The van der Waals surface area contributed by atoms with Gasteiger partial charge in [-0.05, 0) is 24.6 Å². The van der Waals surface area contributed by atoms with Crippen LogP contribution in [0.1, 0.15) is 12.5 Å². The Labute approximate surface area is 116 Å². The van der Waals surface area contributed by atoms with Crippen molar-refractivity contribution in [3.63, 3.8) is 0 Å². The van der Waals surface area contributed by atoms with E-state index >= 15 is 0 Å². The van der Waals surface area contributed by atoms with E-state index in [1.165, 1.54) is 6.92 Å². The van der Waals surface area contributed by atoms with E-state index in [0.717, 1.165) is 19.8 Å². The molecule has 0 amide bonds. The van der Waals surface area contributed by atoms with Crippen molar-refractivity contribution in [2.75, 3.05) is 14.2 Å². The molecule has 0 heterocycles. The summed E-state index contributed by atoms with van der Waals surface area (Å²) in [6.45, 7) is 1.47. The lowest BCUT2D eigenvalue weighted by Gasteiger charge is -2.15. The number of rotatable bonds is 6. The maximum Gasteiger partial charge on any atom is 0.359 e. The second-order valence-corrected chi connectivity index (χ2v) is 4.07. The van der Waals surface area contributed by atoms with Gasteiger partial charge in [0.2, 0.25) is 0 Å². The summed E-state index contributed by atoms with van der Waals surface area (Å²) in [5.41, 5.74) is 0.725. The molecule has 0 radical (unpaired) electrons. The van der Waals surface area contributed by atoms with E-state index in [1.54, 1.807) is 24.3 Å². The number of hydrogen-bond acceptors (Lipinski definition) is 6. The van der Waals surface area contributed by atoms with Crippen molar-refractivity contribution < 1.29 is 28.6 Å². The molecule has 0 aliphatic rings. The molecule has 0 saturated heterocycles. The highest BCUT2D eigenvalue weighted by atomic mass is 16.6. The third-order valence-corrected chi connectivity index (χ3v) is 2.44. The van der Waals surface area contributed by atoms with E-state index in [9.17, 15) is 14.4 Å². The quantitative estimate of drug-likeness (QED) is 0.569. The number of ketones is 1. The van der Waals surface area contributed by atoms with E-state index in [-0.39, 0.29) is 18.0 Å². The lowest BCUT2D eigenvalue weighted by Crippen LogP contribution is -2.37. The van der Waals surface area contributed by atoms with Gasteiger partial charge < -0.3 is 14.2 Å². The average Bonchev–Trinajstić information content (AvgIpc) is 2.42. The minimum atomic E-state index is -1.49. The van der Waals surface area contributed by atoms with Crippen LogP contribution in [0, 0.1) is 0 Å². The van der Waals surface area contributed by atoms with Gasteiger partial charge in [0.1, 0.15) is 11.5 Å². The molecule has 1 rings (SSSR count). The van der Waals surface area contributed by atoms with Gasteiger partial charge in [-0.3, -0.25) is 4.79 Å². The molecule has 0 aliphatic heterocycles. The van der Waals surface area contributed by atoms with E-state index < -0.39 is 18.0 Å². The Kier molecular flexibility index (Phi) is 5.71. The third-order valence-electron chi connectivity index (χ3n) is 2.44. The first-order valence-corrected chi connectivity index (χ1v) is 5.88. The van der Waals surface area contributed by atoms with Crippen LogP contribution in [-0.4, -0.2) is 38.0 Å². The van der Waals surface area contributed by atoms with Crippen molar-refractivity contribution in [2.45, 2.75) is 19.4 Å². The Bertz CT molecular complexity index is 492. The number of benzene rings is 1. The topological polar surface area (TPSA) is 78.9 Å². The molecule has 0 N–H and O–H groups in total. The van der Waals surface area contributed by atoms with Gasteiger partial charge >= 0.3 is 11.9 Å². The van der Waals surface area contributed by atoms with Crippen LogP contribution in [0.4, 0.5) is 0 Å². The molecule has 0 bridgehead atoms. The van der Waals surface area contributed by atoms with Crippen molar-refractivity contribution in [3.8, 4) is 5.75 Å². The predicted octanol–water partition coefficient (Wildman–Crippen LogP) is 0.911. The Morgan fingerprint density at radius 1 is 1.10 bits per heavy atom. The van der Waals surface area contributed by atoms with Crippen LogP contribution in [0.5, 0.6) is 5.75 Å². The number of carbonyl (C=O) groups excluding carboxylic acids is 3. The van der Waals surface area contributed by atoms with Gasteiger partial charge in [0.05, 0.1) is 14.2 Å². The Hall–Kier alpha value is -2.37. The molecule has 0 saturated carbocycles. The molecule has 20 heavy (non-hydrogen) atoms. The molecule has 0 aliphatic carbocycles. The molecule has 6 heteroatoms. The lowest BCUT2D eigenvalue weighted by molar-refractivity contribution is -0.163. The van der Waals surface area contributed by atoms with Crippen LogP contribution in [0.15, 0.2) is 24.3 Å². The average molecular weight is 280 g/mol. The fraction of sp³-hybridized carbons (Fsp3) is 0.357. The summed E-state index contributed by atoms with van der Waals surface area (Å²) in [6.07, 6.45) is -1.24. The van der Waals surface area contributed by atoms with Crippen LogP contribution < -0.4 is 4.74 Å². The smallest absolute Gasteiger partial charge is 0.359 e. The van der Waals surface area contributed by atoms with Gasteiger partial charge in [-0.25, -0.2) is 9.59 Å². The summed E-state index contributed by atoms with van der Waals surface area (Å²) in [7, 11) is 2.29. The fourth-order valence-corrected chi connectivity index (χ4v) is 1.56. The molecule has 1 aromatic carbocycles. The molecule has 0 spiro atoms. The number of methoxy groups -OCH3 is 2. The SMILES string of the molecule is COC(=O)C(Oc1cccc(CC(C)=O)c1)C(=O)OC. The molecule has 108 valence electrons. The van der Waals surface area contributed by atoms with Crippen LogP contribution in [0.3, 0.4) is 0 Å². The summed E-state index contributed by atoms with van der Waals surface area (Å²) in [4.78, 5) is 34.0. The zero-order valence-electron chi connectivity index (χ0n) is 11.5. The molecule has 6 nitrogen and oxygen atoms in total. The first-order valence-electron chi connectivity index (χ1n) is 5.88. The summed E-state index contributed by atoms with van der Waals surface area (Å²) in [5, 5.41) is 0. The van der Waals surface area contributed by atoms with Crippen LogP contribution in [0.2, 0.25) is 0 Å². The van der Waals surface area contributed by atoms with Crippen LogP contribution in [-0.2, 0) is 30.3 Å². The zero-order valence-corrected chi connectivity index (χ0v) is 11.5. The van der Waals surface area contributed by atoms with Crippen molar-refractivity contribution in [3.05, 3.63) is 29.8 Å². The summed E-state index contributed by atoms with van der Waals surface area (Å²) in [5.74, 6) is -1.42. The first-order chi connectivity index (χ1) is 9.47. The first kappa shape index (κ1) is 15.7. The second-order valence-electron chi connectivity index (χ2n) is 4.07. The van der Waals surface area contributed by atoms with Crippen LogP contribution in [0.25, 0.3) is 0 Å². The van der Waals surface area contributed by atoms with Gasteiger partial charge in [0, 0.05) is 6.42 Å². The van der Waals surface area contributed by atoms with Crippen LogP contribution >= 0.6 is 0 Å². The van der Waals surface area contributed by atoms with E-state index in [1.807, 2.05) is 0 Å². The predicted molar refractivity (Wildman–Crippen MR) is 69.3 cm³/mol. The Balaban J connectivity index is 2.90. The Morgan fingerprint density at radius 2 is 1.70 bits per heavy atom. The maximum absolute atomic E-state index is 11.5. The number of carbonyl (C=O) groups is 3. The van der Waals surface area contributed by atoms with Crippen molar-refractivity contribution in [2.24, 2.45) is 0 Å². The lowest BCUT2D eigenvalue weighted by atomic mass is 10.1. The molecule has 0 unspecified atom stereocenters. The van der Waals surface area contributed by atoms with Crippen molar-refractivity contribution in [1.29, 1.82) is 0 Å². The molecule has 1 aromatic rings. The number of esters is 2. The number of Topliss-reactive ketones (excluding diaryl/α,β-unsaturated/α-hetero) is 1.